The summed E-state index contributed by atoms with van der Waals surface area (Å²) in [5.41, 5.74) is 0. The first-order chi connectivity index (χ1) is 9.15. The van der Waals surface area contributed by atoms with Gasteiger partial charge in [-0.1, -0.05) is 13.8 Å². The summed E-state index contributed by atoms with van der Waals surface area (Å²) in [4.78, 5) is 5.37. The molecule has 3 heteroatoms. The van der Waals surface area contributed by atoms with Gasteiger partial charge in [0.1, 0.15) is 0 Å². The molecule has 0 radical (unpaired) electrons. The molecule has 110 valence electrons. The van der Waals surface area contributed by atoms with Crippen LogP contribution < -0.4 is 5.32 Å². The fourth-order valence-corrected chi connectivity index (χ4v) is 4.00. The first-order valence-corrected chi connectivity index (χ1v) is 8.33. The van der Waals surface area contributed by atoms with Gasteiger partial charge in [-0.3, -0.25) is 4.90 Å². The van der Waals surface area contributed by atoms with Gasteiger partial charge in [-0.25, -0.2) is 0 Å². The van der Waals surface area contributed by atoms with Gasteiger partial charge in [-0.2, -0.15) is 0 Å². The van der Waals surface area contributed by atoms with Gasteiger partial charge in [0.2, 0.25) is 0 Å². The van der Waals surface area contributed by atoms with Crippen LogP contribution in [0.1, 0.15) is 39.5 Å². The summed E-state index contributed by atoms with van der Waals surface area (Å²) >= 11 is 0. The van der Waals surface area contributed by atoms with Crippen molar-refractivity contribution in [3.8, 4) is 0 Å². The molecule has 0 aromatic heterocycles. The van der Waals surface area contributed by atoms with Crippen molar-refractivity contribution < 1.29 is 0 Å². The smallest absolute Gasteiger partial charge is 0.0247 e. The molecule has 0 aromatic rings. The van der Waals surface area contributed by atoms with Gasteiger partial charge in [0, 0.05) is 31.2 Å². The van der Waals surface area contributed by atoms with E-state index < -0.39 is 0 Å². The molecule has 2 unspecified atom stereocenters. The Morgan fingerprint density at radius 1 is 1.05 bits per heavy atom. The molecule has 1 aliphatic carbocycles. The molecule has 0 spiro atoms. The Balaban J connectivity index is 1.65. The minimum atomic E-state index is 0.753. The zero-order valence-corrected chi connectivity index (χ0v) is 12.9. The molecule has 2 saturated heterocycles. The fraction of sp³-hybridized carbons (Fsp3) is 1.00. The molecule has 3 fully saturated rings. The summed E-state index contributed by atoms with van der Waals surface area (Å²) in [6.45, 7) is 9.88. The van der Waals surface area contributed by atoms with E-state index in [-0.39, 0.29) is 0 Å². The highest BCUT2D eigenvalue weighted by molar-refractivity contribution is 4.97. The molecule has 2 atom stereocenters. The van der Waals surface area contributed by atoms with Gasteiger partial charge >= 0.3 is 0 Å². The maximum Gasteiger partial charge on any atom is 0.0247 e. The number of nitrogens with zero attached hydrogens (tertiary/aromatic N) is 2. The quantitative estimate of drug-likeness (QED) is 0.839. The Hall–Kier alpha value is -0.120. The molecular formula is C16H31N3. The van der Waals surface area contributed by atoms with Crippen molar-refractivity contribution in [3.05, 3.63) is 0 Å². The van der Waals surface area contributed by atoms with E-state index in [0.717, 1.165) is 30.0 Å². The van der Waals surface area contributed by atoms with E-state index in [0.29, 0.717) is 0 Å². The van der Waals surface area contributed by atoms with Crippen LogP contribution in [0.4, 0.5) is 0 Å². The summed E-state index contributed by atoms with van der Waals surface area (Å²) in [7, 11) is 2.26. The van der Waals surface area contributed by atoms with Crippen LogP contribution in [0.25, 0.3) is 0 Å². The molecule has 3 aliphatic rings. The van der Waals surface area contributed by atoms with Crippen molar-refractivity contribution in [2.24, 2.45) is 11.8 Å². The van der Waals surface area contributed by atoms with Crippen LogP contribution in [0.15, 0.2) is 0 Å². The topological polar surface area (TPSA) is 18.5 Å². The number of likely N-dealkylation sites (tertiary alicyclic amines) is 1. The van der Waals surface area contributed by atoms with Crippen LogP contribution in [0.3, 0.4) is 0 Å². The molecule has 3 nitrogen and oxygen atoms in total. The molecule has 0 bridgehead atoms. The van der Waals surface area contributed by atoms with Crippen molar-refractivity contribution in [1.29, 1.82) is 0 Å². The molecule has 0 amide bonds. The zero-order chi connectivity index (χ0) is 13.4. The van der Waals surface area contributed by atoms with Gasteiger partial charge in [0.05, 0.1) is 0 Å². The highest BCUT2D eigenvalue weighted by Gasteiger charge is 2.40. The predicted molar refractivity (Wildman–Crippen MR) is 80.4 cm³/mol. The third kappa shape index (κ3) is 3.14. The van der Waals surface area contributed by atoms with E-state index in [1.807, 2.05) is 0 Å². The average Bonchev–Trinajstić information content (AvgIpc) is 3.23. The molecule has 2 aliphatic heterocycles. The second-order valence-corrected chi connectivity index (χ2v) is 7.39. The van der Waals surface area contributed by atoms with Crippen LogP contribution in [-0.4, -0.2) is 61.2 Å². The summed E-state index contributed by atoms with van der Waals surface area (Å²) in [5, 5.41) is 3.84. The van der Waals surface area contributed by atoms with Crippen molar-refractivity contribution in [3.63, 3.8) is 0 Å². The number of hydrogen-bond donors (Lipinski definition) is 1. The average molecular weight is 265 g/mol. The Labute approximate surface area is 118 Å². The number of hydrogen-bond acceptors (Lipinski definition) is 3. The third-order valence-corrected chi connectivity index (χ3v) is 5.54. The normalized spacial score (nSPS) is 36.0. The van der Waals surface area contributed by atoms with Crippen LogP contribution in [0, 0.1) is 11.8 Å². The fourth-order valence-electron chi connectivity index (χ4n) is 4.00. The highest BCUT2D eigenvalue weighted by atomic mass is 15.3. The molecule has 3 rings (SSSR count). The zero-order valence-electron chi connectivity index (χ0n) is 12.9. The Bertz CT molecular complexity index is 292. The van der Waals surface area contributed by atoms with E-state index >= 15 is 0 Å². The van der Waals surface area contributed by atoms with Gasteiger partial charge in [-0.05, 0) is 57.7 Å². The van der Waals surface area contributed by atoms with E-state index in [9.17, 15) is 0 Å². The van der Waals surface area contributed by atoms with E-state index in [2.05, 4.69) is 36.0 Å². The number of nitrogens with one attached hydrogen (secondary N) is 1. The SMILES string of the molecule is CC(C)C1CNC(C2CC2)CN1C1CCN(C)CC1. The number of rotatable bonds is 3. The van der Waals surface area contributed by atoms with Crippen molar-refractivity contribution >= 4 is 0 Å². The van der Waals surface area contributed by atoms with Crippen molar-refractivity contribution in [2.75, 3.05) is 33.2 Å². The highest BCUT2D eigenvalue weighted by Crippen LogP contribution is 2.36. The lowest BCUT2D eigenvalue weighted by Gasteiger charge is -2.48. The van der Waals surface area contributed by atoms with Crippen LogP contribution in [0.5, 0.6) is 0 Å². The Kier molecular flexibility index (Phi) is 4.16. The largest absolute Gasteiger partial charge is 0.311 e. The summed E-state index contributed by atoms with van der Waals surface area (Å²) < 4.78 is 0. The predicted octanol–water partition coefficient (Wildman–Crippen LogP) is 1.79. The monoisotopic (exact) mass is 265 g/mol. The third-order valence-electron chi connectivity index (χ3n) is 5.54. The minimum Gasteiger partial charge on any atom is -0.311 e. The molecule has 2 heterocycles. The lowest BCUT2D eigenvalue weighted by molar-refractivity contribution is 0.0243. The van der Waals surface area contributed by atoms with Crippen LogP contribution >= 0.6 is 0 Å². The van der Waals surface area contributed by atoms with E-state index in [4.69, 9.17) is 0 Å². The van der Waals surface area contributed by atoms with E-state index in [1.54, 1.807) is 0 Å². The lowest BCUT2D eigenvalue weighted by Crippen LogP contribution is -2.62. The number of piperidine rings is 1. The second kappa shape index (κ2) is 5.71. The molecule has 1 saturated carbocycles. The molecule has 1 N–H and O–H groups in total. The van der Waals surface area contributed by atoms with Crippen LogP contribution in [0.2, 0.25) is 0 Å². The Morgan fingerprint density at radius 3 is 2.32 bits per heavy atom. The maximum absolute atomic E-state index is 3.84. The number of piperazine rings is 1. The Morgan fingerprint density at radius 2 is 1.74 bits per heavy atom. The van der Waals surface area contributed by atoms with E-state index in [1.165, 1.54) is 51.9 Å². The molecule has 0 aromatic carbocycles. The van der Waals surface area contributed by atoms with Gasteiger partial charge in [-0.15, -0.1) is 0 Å². The molecular weight excluding hydrogens is 234 g/mol. The summed E-state index contributed by atoms with van der Waals surface area (Å²) in [6, 6.07) is 2.38. The first kappa shape index (κ1) is 13.8. The van der Waals surface area contributed by atoms with Crippen molar-refractivity contribution in [1.82, 2.24) is 15.1 Å². The summed E-state index contributed by atoms with van der Waals surface area (Å²) in [6.07, 6.45) is 5.67. The maximum atomic E-state index is 3.84. The van der Waals surface area contributed by atoms with Gasteiger partial charge in [0.25, 0.3) is 0 Å². The first-order valence-electron chi connectivity index (χ1n) is 8.33. The second-order valence-electron chi connectivity index (χ2n) is 7.39. The lowest BCUT2D eigenvalue weighted by atomic mass is 9.92. The van der Waals surface area contributed by atoms with Gasteiger partial charge in [0.15, 0.2) is 0 Å². The minimum absolute atomic E-state index is 0.753. The van der Waals surface area contributed by atoms with Crippen LogP contribution in [-0.2, 0) is 0 Å². The molecule has 19 heavy (non-hydrogen) atoms. The standard InChI is InChI=1S/C16H31N3/c1-12(2)16-10-17-15(13-4-5-13)11-19(16)14-6-8-18(3)9-7-14/h12-17H,4-11H2,1-3H3. The van der Waals surface area contributed by atoms with Crippen molar-refractivity contribution in [2.45, 2.75) is 57.7 Å². The summed E-state index contributed by atoms with van der Waals surface area (Å²) in [5.74, 6) is 1.76. The van der Waals surface area contributed by atoms with Gasteiger partial charge < -0.3 is 10.2 Å².